The number of aromatic amines is 4. The van der Waals surface area contributed by atoms with E-state index in [0.29, 0.717) is 111 Å². The molecule has 0 amide bonds. The van der Waals surface area contributed by atoms with Gasteiger partial charge in [0.25, 0.3) is 22.2 Å². The fraction of sp³-hybridized carbons (Fsp3) is 0.321. The van der Waals surface area contributed by atoms with Crippen molar-refractivity contribution in [3.63, 3.8) is 0 Å². The molecular formula is C81H88N24O8. The average Bonchev–Trinajstić information content (AvgIpc) is 0.775. The van der Waals surface area contributed by atoms with Gasteiger partial charge in [-0.05, 0) is 235 Å². The third-order valence-electron chi connectivity index (χ3n) is 20.6. The van der Waals surface area contributed by atoms with Crippen LogP contribution >= 0.6 is 0 Å². The Kier molecular flexibility index (Phi) is 24.0. The maximum Gasteiger partial charge on any atom is 0.349 e. The zero-order valence-corrected chi connectivity index (χ0v) is 64.4. The molecule has 0 atom stereocenters. The van der Waals surface area contributed by atoms with E-state index in [-0.39, 0.29) is 22.8 Å². The van der Waals surface area contributed by atoms with E-state index in [1.165, 1.54) is 0 Å². The van der Waals surface area contributed by atoms with Crippen LogP contribution in [0.25, 0.3) is 90.2 Å². The highest BCUT2D eigenvalue weighted by Gasteiger charge is 2.26. The highest BCUT2D eigenvalue weighted by molar-refractivity contribution is 5.84. The first-order valence-electron chi connectivity index (χ1n) is 37.3. The van der Waals surface area contributed by atoms with Gasteiger partial charge in [0.05, 0.1) is 49.8 Å². The molecule has 113 heavy (non-hydrogen) atoms. The summed E-state index contributed by atoms with van der Waals surface area (Å²) in [6.07, 6.45) is 11.1. The van der Waals surface area contributed by atoms with Crippen molar-refractivity contribution in [2.75, 3.05) is 52.9 Å². The van der Waals surface area contributed by atoms with Crippen molar-refractivity contribution >= 4 is 44.1 Å². The number of aromatic nitrogens is 19. The molecule has 7 aromatic rings. The van der Waals surface area contributed by atoms with Crippen molar-refractivity contribution in [1.29, 1.82) is 0 Å². The number of piperidine rings is 1. The number of fused-ring (bicyclic) bond motifs is 8. The summed E-state index contributed by atoms with van der Waals surface area (Å²) in [5, 5.41) is 6.74. The molecule has 8 N–H and O–H groups in total. The molecule has 12 heterocycles. The van der Waals surface area contributed by atoms with Crippen LogP contribution in [0.4, 0.5) is 0 Å². The first-order chi connectivity index (χ1) is 54.4. The van der Waals surface area contributed by atoms with Gasteiger partial charge >= 0.3 is 22.8 Å². The Hall–Kier alpha value is -12.8. The third kappa shape index (κ3) is 18.2. The number of likely N-dealkylation sites (tertiary alicyclic amines) is 1. The Balaban J connectivity index is 0.000000132. The number of hydrogen-bond donors (Lipinski definition) is 7. The summed E-state index contributed by atoms with van der Waals surface area (Å²) in [5.74, 6) is 1.87. The molecule has 0 saturated carbocycles. The molecule has 1 saturated heterocycles. The van der Waals surface area contributed by atoms with E-state index < -0.39 is 45.0 Å². The Morgan fingerprint density at radius 1 is 0.425 bits per heavy atom. The van der Waals surface area contributed by atoms with Crippen LogP contribution in [-0.4, -0.2) is 156 Å². The Morgan fingerprint density at radius 3 is 1.19 bits per heavy atom. The normalized spacial score (nSPS) is 12.6. The van der Waals surface area contributed by atoms with Gasteiger partial charge in [0, 0.05) is 103 Å². The zero-order valence-electron chi connectivity index (χ0n) is 64.4. The van der Waals surface area contributed by atoms with Gasteiger partial charge in [-0.1, -0.05) is 12.1 Å². The van der Waals surface area contributed by atoms with Gasteiger partial charge < -0.3 is 39.5 Å². The molecule has 9 aliphatic rings. The monoisotopic (exact) mass is 1520 g/mol. The lowest BCUT2D eigenvalue weighted by atomic mass is 9.97. The van der Waals surface area contributed by atoms with E-state index in [0.717, 1.165) is 128 Å². The SMILES string of the molecule is Cc1cc2nc3c(=O)[nH]c(=O)nc-3n(CCN(C)Cc3ccccn3)c2cc1C.Cc1cc2nc3c(=O)[nH]c(=O)nc-3n(CCN3CCC(CN)CC3)c2cc1C.Cc1cc2nc3c(=O)[nH]c(=O)nc-3n(CCNCc3cccnc3)c2cc1C.Cc1cc2nc3c(=O)[nH]c(=O)nc-3n(CCNCc3ccncc3)c2cc1C. The molecule has 9 aliphatic heterocycles. The number of nitrogens with one attached hydrogen (secondary N) is 6. The van der Waals surface area contributed by atoms with Crippen molar-refractivity contribution in [2.24, 2.45) is 11.7 Å². The number of aryl methyl sites for hydroxylation is 8. The second-order valence-electron chi connectivity index (χ2n) is 28.6. The molecule has 1 fully saturated rings. The summed E-state index contributed by atoms with van der Waals surface area (Å²) < 4.78 is 7.66. The Morgan fingerprint density at radius 2 is 0.814 bits per heavy atom. The van der Waals surface area contributed by atoms with E-state index in [1.807, 2.05) is 172 Å². The first kappa shape index (κ1) is 78.4. The number of pyridine rings is 3. The third-order valence-corrected chi connectivity index (χ3v) is 20.6. The quantitative estimate of drug-likeness (QED) is 0.0395. The molecule has 32 heteroatoms. The van der Waals surface area contributed by atoms with Gasteiger partial charge in [-0.15, -0.1) is 0 Å². The lowest BCUT2D eigenvalue weighted by Crippen LogP contribution is -2.38. The molecule has 16 rings (SSSR count). The predicted molar refractivity (Wildman–Crippen MR) is 433 cm³/mol. The Labute approximate surface area is 645 Å². The van der Waals surface area contributed by atoms with Crippen LogP contribution in [0, 0.1) is 61.3 Å². The number of H-pyrrole nitrogens is 4. The van der Waals surface area contributed by atoms with Gasteiger partial charge in [0.1, 0.15) is 0 Å². The second kappa shape index (κ2) is 34.7. The highest BCUT2D eigenvalue weighted by Crippen LogP contribution is 2.29. The molecule has 4 aromatic carbocycles. The van der Waals surface area contributed by atoms with Crippen LogP contribution in [0.2, 0.25) is 0 Å². The summed E-state index contributed by atoms with van der Waals surface area (Å²) in [7, 11) is 2.01. The smallest absolute Gasteiger partial charge is 0.330 e. The lowest BCUT2D eigenvalue weighted by molar-refractivity contribution is 0.182. The maximum absolute atomic E-state index is 12.3. The van der Waals surface area contributed by atoms with Crippen molar-refractivity contribution in [1.82, 2.24) is 113 Å². The number of nitrogens with zero attached hydrogens (tertiary/aromatic N) is 17. The van der Waals surface area contributed by atoms with Crippen LogP contribution in [0.1, 0.15) is 74.2 Å². The number of rotatable bonds is 19. The number of likely N-dealkylation sites (N-methyl/N-ethyl adjacent to an activating group) is 1. The number of benzene rings is 4. The standard InChI is InChI=1S/C21H22N6O2.C20H26N6O2.2C20H20N6O2/c1-13-10-16-17(11-14(13)2)27(19-18(23-16)20(28)25-21(29)24-19)9-8-26(3)12-15-6-4-5-7-22-15;1-12-9-15-16(10-13(12)2)26(8-7-25-5-3-14(11-21)4-6-25)18-17(22-15)19(27)24-20(28)23-18;1-12-9-15-16(10-13(12)2)26(8-7-22-11-14-3-5-21-6-4-14)18-17(23-15)19(27)25-20(28)24-18;1-12-8-15-16(9-13(12)2)26(7-6-22-11-14-4-3-5-21-10-14)18-17(23-15)19(27)25-20(28)24-18/h4-7,10-11H,8-9,12H2,1-3H3,(H,25,28,29);9-10,14H,3-8,11,21H2,1-2H3,(H,24,27,28);3-6,9-10,22H,7-8,11H2,1-2H3,(H,25,27,28);3-5,8-10,22H,6-7,11H2,1-2H3,(H,25,27,28). The van der Waals surface area contributed by atoms with E-state index in [9.17, 15) is 38.4 Å². The average molecular weight is 1530 g/mol. The fourth-order valence-corrected chi connectivity index (χ4v) is 13.8. The molecule has 0 radical (unpaired) electrons. The van der Waals surface area contributed by atoms with Crippen LogP contribution in [0.3, 0.4) is 0 Å². The van der Waals surface area contributed by atoms with E-state index in [2.05, 4.69) is 101 Å². The number of nitrogens with two attached hydrogens (primary N) is 1. The van der Waals surface area contributed by atoms with Crippen molar-refractivity contribution in [3.8, 4) is 46.1 Å². The van der Waals surface area contributed by atoms with E-state index >= 15 is 0 Å². The zero-order chi connectivity index (χ0) is 79.7. The minimum absolute atomic E-state index is 0.169. The molecular weight excluding hydrogens is 1440 g/mol. The van der Waals surface area contributed by atoms with Gasteiger partial charge in [-0.25, -0.2) is 39.1 Å². The number of hydrogen-bond acceptors (Lipinski definition) is 24. The summed E-state index contributed by atoms with van der Waals surface area (Å²) >= 11 is 0. The van der Waals surface area contributed by atoms with Gasteiger partial charge in [-0.3, -0.25) is 59.0 Å². The molecule has 32 nitrogen and oxygen atoms in total. The summed E-state index contributed by atoms with van der Waals surface area (Å²) in [5.41, 5.74) is 20.2. The van der Waals surface area contributed by atoms with Gasteiger partial charge in [0.15, 0.2) is 46.1 Å². The van der Waals surface area contributed by atoms with Crippen molar-refractivity contribution < 1.29 is 0 Å². The van der Waals surface area contributed by atoms with Crippen LogP contribution < -0.4 is 61.4 Å². The topological polar surface area (TPSA) is 418 Å². The molecule has 0 unspecified atom stereocenters. The summed E-state index contributed by atoms with van der Waals surface area (Å²) in [4.78, 5) is 156. The van der Waals surface area contributed by atoms with Crippen LogP contribution in [0.5, 0.6) is 0 Å². The predicted octanol–water partition coefficient (Wildman–Crippen LogP) is 5.37. The van der Waals surface area contributed by atoms with E-state index in [1.54, 1.807) is 24.8 Å². The van der Waals surface area contributed by atoms with Crippen LogP contribution in [-0.2, 0) is 45.8 Å². The maximum atomic E-state index is 12.3. The molecule has 3 aromatic heterocycles. The molecule has 580 valence electrons. The minimum Gasteiger partial charge on any atom is -0.330 e. The highest BCUT2D eigenvalue weighted by atomic mass is 16.2. The molecule has 0 bridgehead atoms. The summed E-state index contributed by atoms with van der Waals surface area (Å²) in [6, 6.07) is 29.6. The van der Waals surface area contributed by atoms with Gasteiger partial charge in [-0.2, -0.15) is 19.9 Å². The Bertz CT molecular complexity index is 6150. The minimum atomic E-state index is -0.667. The summed E-state index contributed by atoms with van der Waals surface area (Å²) in [6.45, 7) is 26.1. The fourth-order valence-electron chi connectivity index (χ4n) is 13.8. The van der Waals surface area contributed by atoms with E-state index in [4.69, 9.17) is 5.73 Å². The molecule has 0 aliphatic carbocycles. The van der Waals surface area contributed by atoms with Crippen molar-refractivity contribution in [2.45, 2.75) is 114 Å². The van der Waals surface area contributed by atoms with Gasteiger partial charge in [0.2, 0.25) is 0 Å². The lowest BCUT2D eigenvalue weighted by Gasteiger charge is -2.31. The molecule has 0 spiro atoms. The largest absolute Gasteiger partial charge is 0.349 e. The first-order valence-corrected chi connectivity index (χ1v) is 37.3. The van der Waals surface area contributed by atoms with Crippen LogP contribution in [0.15, 0.2) is 160 Å². The van der Waals surface area contributed by atoms with Crippen molar-refractivity contribution in [3.05, 3.63) is 267 Å². The second-order valence-corrected chi connectivity index (χ2v) is 28.6.